The third kappa shape index (κ3) is 8.58. The molecule has 0 aromatic heterocycles. The molecular weight excluding hydrogens is 514 g/mol. The molecule has 2 amide bonds. The smallest absolute Gasteiger partial charge is 0.244 e. The topological polar surface area (TPSA) is 96.0 Å². The third-order valence-electron chi connectivity index (χ3n) is 6.05. The van der Waals surface area contributed by atoms with Crippen LogP contribution in [0.3, 0.4) is 0 Å². The van der Waals surface area contributed by atoms with Crippen LogP contribution < -0.4 is 14.4 Å². The van der Waals surface area contributed by atoms with Crippen molar-refractivity contribution in [1.82, 2.24) is 10.2 Å². The summed E-state index contributed by atoms with van der Waals surface area (Å²) < 4.78 is 32.5. The molecule has 3 rings (SSSR count). The summed E-state index contributed by atoms with van der Waals surface area (Å²) in [6.07, 6.45) is 1.05. The maximum Gasteiger partial charge on any atom is 0.244 e. The molecule has 0 spiro atoms. The highest BCUT2D eigenvalue weighted by Crippen LogP contribution is 2.26. The van der Waals surface area contributed by atoms with Crippen LogP contribution in [0.2, 0.25) is 0 Å². The van der Waals surface area contributed by atoms with Gasteiger partial charge in [-0.05, 0) is 82.1 Å². The lowest BCUT2D eigenvalue weighted by molar-refractivity contribution is -0.140. The van der Waals surface area contributed by atoms with Crippen molar-refractivity contribution in [2.24, 2.45) is 0 Å². The number of nitrogens with zero attached hydrogens (tertiary/aromatic N) is 2. The van der Waals surface area contributed by atoms with Crippen LogP contribution in [0.15, 0.2) is 78.9 Å². The summed E-state index contributed by atoms with van der Waals surface area (Å²) in [4.78, 5) is 28.2. The minimum atomic E-state index is -3.83. The van der Waals surface area contributed by atoms with Gasteiger partial charge in [-0.25, -0.2) is 8.42 Å². The zero-order chi connectivity index (χ0) is 28.8. The van der Waals surface area contributed by atoms with E-state index in [0.29, 0.717) is 17.2 Å². The van der Waals surface area contributed by atoms with E-state index in [9.17, 15) is 18.0 Å². The van der Waals surface area contributed by atoms with Crippen molar-refractivity contribution in [3.05, 3.63) is 90.0 Å². The van der Waals surface area contributed by atoms with Gasteiger partial charge in [-0.15, -0.1) is 0 Å². The molecule has 1 N–H and O–H groups in total. The number of carbonyl (C=O) groups is 2. The Labute approximate surface area is 231 Å². The van der Waals surface area contributed by atoms with E-state index in [0.717, 1.165) is 21.7 Å². The number of hydrogen-bond donors (Lipinski definition) is 1. The highest BCUT2D eigenvalue weighted by Gasteiger charge is 2.31. The molecule has 0 heterocycles. The minimum Gasteiger partial charge on any atom is -0.457 e. The fraction of sp³-hybridized carbons (Fsp3) is 0.333. The van der Waals surface area contributed by atoms with E-state index in [4.69, 9.17) is 4.74 Å². The second-order valence-corrected chi connectivity index (χ2v) is 12.4. The van der Waals surface area contributed by atoms with E-state index in [-0.39, 0.29) is 12.5 Å². The lowest BCUT2D eigenvalue weighted by Gasteiger charge is -2.33. The van der Waals surface area contributed by atoms with Gasteiger partial charge >= 0.3 is 0 Å². The van der Waals surface area contributed by atoms with Gasteiger partial charge in [0.05, 0.1) is 11.9 Å². The summed E-state index contributed by atoms with van der Waals surface area (Å²) in [5, 5.41) is 2.92. The number of para-hydroxylation sites is 1. The maximum absolute atomic E-state index is 13.7. The van der Waals surface area contributed by atoms with Crippen LogP contribution in [-0.2, 0) is 26.2 Å². The Bertz CT molecular complexity index is 1380. The normalized spacial score (nSPS) is 12.4. The summed E-state index contributed by atoms with van der Waals surface area (Å²) >= 11 is 0. The SMILES string of the molecule is Cc1ccccc1CN(C(=O)CN(c1ccc(Oc2ccccc2)cc1)S(C)(=O)=O)[C@H](C)C(=O)NC(C)(C)C. The predicted molar refractivity (Wildman–Crippen MR) is 154 cm³/mol. The van der Waals surface area contributed by atoms with Crippen LogP contribution in [0.4, 0.5) is 5.69 Å². The quantitative estimate of drug-likeness (QED) is 0.387. The number of aryl methyl sites for hydroxylation is 1. The van der Waals surface area contributed by atoms with E-state index in [1.807, 2.05) is 82.3 Å². The number of hydrogen-bond acceptors (Lipinski definition) is 5. The molecule has 8 nitrogen and oxygen atoms in total. The molecule has 208 valence electrons. The number of sulfonamides is 1. The van der Waals surface area contributed by atoms with Gasteiger partial charge in [0, 0.05) is 12.1 Å². The van der Waals surface area contributed by atoms with Crippen LogP contribution in [0, 0.1) is 6.92 Å². The Morgan fingerprint density at radius 1 is 0.897 bits per heavy atom. The van der Waals surface area contributed by atoms with Crippen LogP contribution in [-0.4, -0.2) is 49.5 Å². The number of nitrogens with one attached hydrogen (secondary N) is 1. The molecule has 9 heteroatoms. The van der Waals surface area contributed by atoms with Crippen molar-refractivity contribution in [2.45, 2.75) is 52.7 Å². The fourth-order valence-electron chi connectivity index (χ4n) is 3.95. The molecular formula is C30H37N3O5S. The Kier molecular flexibility index (Phi) is 9.40. The third-order valence-corrected chi connectivity index (χ3v) is 7.19. The summed E-state index contributed by atoms with van der Waals surface area (Å²) in [6, 6.07) is 22.5. The van der Waals surface area contributed by atoms with Crippen molar-refractivity contribution in [3.8, 4) is 11.5 Å². The van der Waals surface area contributed by atoms with E-state index in [1.54, 1.807) is 31.2 Å². The van der Waals surface area contributed by atoms with Gasteiger partial charge in [0.2, 0.25) is 21.8 Å². The Hall–Kier alpha value is -3.85. The monoisotopic (exact) mass is 551 g/mol. The average Bonchev–Trinajstić information content (AvgIpc) is 2.86. The standard InChI is InChI=1S/C30H37N3O5S/c1-22-12-10-11-13-24(22)20-32(23(2)29(35)31-30(3,4)5)28(34)21-33(39(6,36)37)25-16-18-27(19-17-25)38-26-14-8-7-9-15-26/h7-19,23H,20-21H2,1-6H3,(H,31,35)/t23-/m1/s1. The van der Waals surface area contributed by atoms with Crippen LogP contribution in [0.25, 0.3) is 0 Å². The molecule has 0 fully saturated rings. The lowest BCUT2D eigenvalue weighted by Crippen LogP contribution is -2.54. The van der Waals surface area contributed by atoms with Gasteiger partial charge in [-0.3, -0.25) is 13.9 Å². The summed E-state index contributed by atoms with van der Waals surface area (Å²) in [6.45, 7) is 8.87. The number of amides is 2. The molecule has 0 aliphatic rings. The van der Waals surface area contributed by atoms with Gasteiger partial charge in [-0.1, -0.05) is 42.5 Å². The molecule has 3 aromatic carbocycles. The molecule has 0 aliphatic carbocycles. The first-order valence-corrected chi connectivity index (χ1v) is 14.6. The van der Waals surface area contributed by atoms with Gasteiger partial charge in [0.25, 0.3) is 0 Å². The van der Waals surface area contributed by atoms with Crippen LogP contribution >= 0.6 is 0 Å². The highest BCUT2D eigenvalue weighted by atomic mass is 32.2. The van der Waals surface area contributed by atoms with Gasteiger partial charge in [0.1, 0.15) is 24.1 Å². The Balaban J connectivity index is 1.88. The first kappa shape index (κ1) is 29.7. The number of benzene rings is 3. The molecule has 0 bridgehead atoms. The predicted octanol–water partition coefficient (Wildman–Crippen LogP) is 4.89. The maximum atomic E-state index is 13.7. The minimum absolute atomic E-state index is 0.158. The largest absolute Gasteiger partial charge is 0.457 e. The first-order chi connectivity index (χ1) is 18.2. The molecule has 1 atom stereocenters. The van der Waals surface area contributed by atoms with Gasteiger partial charge < -0.3 is 15.0 Å². The molecule has 0 saturated heterocycles. The molecule has 0 aliphatic heterocycles. The second kappa shape index (κ2) is 12.3. The molecule has 0 radical (unpaired) electrons. The van der Waals surface area contributed by atoms with E-state index >= 15 is 0 Å². The highest BCUT2D eigenvalue weighted by molar-refractivity contribution is 7.92. The summed E-state index contributed by atoms with van der Waals surface area (Å²) in [7, 11) is -3.83. The van der Waals surface area contributed by atoms with E-state index < -0.39 is 34.1 Å². The Morgan fingerprint density at radius 2 is 1.46 bits per heavy atom. The van der Waals surface area contributed by atoms with Crippen molar-refractivity contribution in [2.75, 3.05) is 17.1 Å². The van der Waals surface area contributed by atoms with Crippen LogP contribution in [0.1, 0.15) is 38.8 Å². The lowest BCUT2D eigenvalue weighted by atomic mass is 10.1. The van der Waals surface area contributed by atoms with E-state index in [1.165, 1.54) is 4.90 Å². The molecule has 0 unspecified atom stereocenters. The number of ether oxygens (including phenoxy) is 1. The average molecular weight is 552 g/mol. The van der Waals surface area contributed by atoms with Crippen molar-refractivity contribution in [1.29, 1.82) is 0 Å². The number of carbonyl (C=O) groups excluding carboxylic acids is 2. The molecule has 39 heavy (non-hydrogen) atoms. The van der Waals surface area contributed by atoms with Crippen molar-refractivity contribution in [3.63, 3.8) is 0 Å². The second-order valence-electron chi connectivity index (χ2n) is 10.5. The first-order valence-electron chi connectivity index (χ1n) is 12.7. The summed E-state index contributed by atoms with van der Waals surface area (Å²) in [5.74, 6) is 0.357. The van der Waals surface area contributed by atoms with Crippen molar-refractivity contribution < 1.29 is 22.7 Å². The van der Waals surface area contributed by atoms with Gasteiger partial charge in [-0.2, -0.15) is 0 Å². The molecule has 3 aromatic rings. The summed E-state index contributed by atoms with van der Waals surface area (Å²) in [5.41, 5.74) is 1.65. The molecule has 0 saturated carbocycles. The number of anilines is 1. The Morgan fingerprint density at radius 3 is 2.03 bits per heavy atom. The number of rotatable bonds is 10. The van der Waals surface area contributed by atoms with Crippen LogP contribution in [0.5, 0.6) is 11.5 Å². The van der Waals surface area contributed by atoms with Gasteiger partial charge in [0.15, 0.2) is 0 Å². The van der Waals surface area contributed by atoms with Crippen molar-refractivity contribution >= 4 is 27.5 Å². The zero-order valence-corrected chi connectivity index (χ0v) is 24.2. The van der Waals surface area contributed by atoms with E-state index in [2.05, 4.69) is 5.32 Å². The zero-order valence-electron chi connectivity index (χ0n) is 23.3. The fourth-order valence-corrected chi connectivity index (χ4v) is 4.80.